The van der Waals surface area contributed by atoms with Crippen molar-refractivity contribution in [2.75, 3.05) is 0 Å². The average Bonchev–Trinajstić information content (AvgIpc) is 2.19. The quantitative estimate of drug-likeness (QED) is 0.776. The predicted octanol–water partition coefficient (Wildman–Crippen LogP) is 2.44. The van der Waals surface area contributed by atoms with Gasteiger partial charge in [0.1, 0.15) is 5.60 Å². The summed E-state index contributed by atoms with van der Waals surface area (Å²) in [5.74, 6) is 0. The van der Waals surface area contributed by atoms with Gasteiger partial charge in [0.25, 0.3) is 0 Å². The third-order valence-electron chi connectivity index (χ3n) is 2.83. The Labute approximate surface area is 84.8 Å². The van der Waals surface area contributed by atoms with Crippen LogP contribution in [0, 0.1) is 16.7 Å². The van der Waals surface area contributed by atoms with E-state index in [1.807, 2.05) is 30.3 Å². The summed E-state index contributed by atoms with van der Waals surface area (Å²) >= 11 is 0. The molecular weight excluding hydrogens is 174 g/mol. The molecule has 0 saturated heterocycles. The second-order valence-corrected chi connectivity index (χ2v) is 4.18. The Morgan fingerprint density at radius 2 is 1.64 bits per heavy atom. The maximum Gasteiger partial charge on any atom is 0.105 e. The minimum absolute atomic E-state index is 0.770. The first-order chi connectivity index (χ1) is 6.42. The van der Waals surface area contributed by atoms with Crippen LogP contribution in [0.15, 0.2) is 30.3 Å². The summed E-state index contributed by atoms with van der Waals surface area (Å²) in [7, 11) is 0. The van der Waals surface area contributed by atoms with Crippen molar-refractivity contribution in [2.45, 2.75) is 26.4 Å². The highest BCUT2D eigenvalue weighted by Gasteiger charge is 2.40. The molecule has 0 aliphatic rings. The summed E-state index contributed by atoms with van der Waals surface area (Å²) in [5, 5.41) is 19.3. The lowest BCUT2D eigenvalue weighted by Crippen LogP contribution is -2.38. The highest BCUT2D eigenvalue weighted by atomic mass is 16.3. The maximum absolute atomic E-state index is 10.3. The highest BCUT2D eigenvalue weighted by molar-refractivity contribution is 5.26. The third kappa shape index (κ3) is 1.64. The van der Waals surface area contributed by atoms with Gasteiger partial charge in [-0.2, -0.15) is 5.26 Å². The first-order valence-corrected chi connectivity index (χ1v) is 4.61. The van der Waals surface area contributed by atoms with Crippen molar-refractivity contribution in [3.05, 3.63) is 35.9 Å². The average molecular weight is 189 g/mol. The molecule has 0 fully saturated rings. The van der Waals surface area contributed by atoms with Crippen molar-refractivity contribution in [3.8, 4) is 6.07 Å². The Morgan fingerprint density at radius 1 is 1.14 bits per heavy atom. The van der Waals surface area contributed by atoms with Gasteiger partial charge in [-0.15, -0.1) is 0 Å². The van der Waals surface area contributed by atoms with Gasteiger partial charge in [0, 0.05) is 0 Å². The molecule has 0 saturated carbocycles. The van der Waals surface area contributed by atoms with Crippen LogP contribution < -0.4 is 0 Å². The molecule has 2 nitrogen and oxygen atoms in total. The standard InChI is InChI=1S/C12H15NO/c1-11(2,9-13)12(3,14)10-7-5-4-6-8-10/h4-8,14H,1-3H3/t12-/m1/s1. The van der Waals surface area contributed by atoms with E-state index < -0.39 is 11.0 Å². The molecule has 1 N–H and O–H groups in total. The molecule has 14 heavy (non-hydrogen) atoms. The van der Waals surface area contributed by atoms with E-state index in [2.05, 4.69) is 6.07 Å². The van der Waals surface area contributed by atoms with Gasteiger partial charge < -0.3 is 5.11 Å². The first-order valence-electron chi connectivity index (χ1n) is 4.61. The van der Waals surface area contributed by atoms with Crippen molar-refractivity contribution in [3.63, 3.8) is 0 Å². The minimum atomic E-state index is -1.12. The second kappa shape index (κ2) is 3.43. The number of benzene rings is 1. The number of nitrogens with zero attached hydrogens (tertiary/aromatic N) is 1. The van der Waals surface area contributed by atoms with Crippen LogP contribution >= 0.6 is 0 Å². The molecule has 2 heteroatoms. The van der Waals surface area contributed by atoms with Gasteiger partial charge in [-0.25, -0.2) is 0 Å². The van der Waals surface area contributed by atoms with E-state index in [1.165, 1.54) is 0 Å². The number of rotatable bonds is 2. The molecule has 0 radical (unpaired) electrons. The lowest BCUT2D eigenvalue weighted by atomic mass is 9.73. The number of hydrogen-bond acceptors (Lipinski definition) is 2. The fourth-order valence-electron chi connectivity index (χ4n) is 1.23. The van der Waals surface area contributed by atoms with Gasteiger partial charge in [0.2, 0.25) is 0 Å². The summed E-state index contributed by atoms with van der Waals surface area (Å²) in [4.78, 5) is 0. The van der Waals surface area contributed by atoms with Gasteiger partial charge in [-0.05, 0) is 26.3 Å². The molecule has 1 atom stereocenters. The minimum Gasteiger partial charge on any atom is -0.384 e. The molecule has 1 aromatic carbocycles. The molecule has 0 spiro atoms. The lowest BCUT2D eigenvalue weighted by molar-refractivity contribution is -0.0267. The molecule has 0 aromatic heterocycles. The van der Waals surface area contributed by atoms with Gasteiger partial charge in [-0.3, -0.25) is 0 Å². The summed E-state index contributed by atoms with van der Waals surface area (Å²) in [6.45, 7) is 5.14. The zero-order valence-electron chi connectivity index (χ0n) is 8.78. The van der Waals surface area contributed by atoms with Gasteiger partial charge in [0.15, 0.2) is 0 Å². The van der Waals surface area contributed by atoms with Crippen molar-refractivity contribution < 1.29 is 5.11 Å². The van der Waals surface area contributed by atoms with Crippen LogP contribution in [0.5, 0.6) is 0 Å². The number of nitriles is 1. The Morgan fingerprint density at radius 3 is 2.07 bits per heavy atom. The third-order valence-corrected chi connectivity index (χ3v) is 2.83. The van der Waals surface area contributed by atoms with E-state index in [0.717, 1.165) is 5.56 Å². The zero-order valence-corrected chi connectivity index (χ0v) is 8.78. The van der Waals surface area contributed by atoms with Gasteiger partial charge in [0.05, 0.1) is 11.5 Å². The fourth-order valence-corrected chi connectivity index (χ4v) is 1.23. The highest BCUT2D eigenvalue weighted by Crippen LogP contribution is 2.38. The first kappa shape index (κ1) is 10.7. The Kier molecular flexibility index (Phi) is 2.64. The lowest BCUT2D eigenvalue weighted by Gasteiger charge is -2.34. The molecule has 0 amide bonds. The molecule has 1 aromatic rings. The summed E-state index contributed by atoms with van der Waals surface area (Å²) in [6.07, 6.45) is 0. The van der Waals surface area contributed by atoms with E-state index in [-0.39, 0.29) is 0 Å². The topological polar surface area (TPSA) is 44.0 Å². The van der Waals surface area contributed by atoms with Crippen LogP contribution in [-0.2, 0) is 5.60 Å². The summed E-state index contributed by atoms with van der Waals surface area (Å²) < 4.78 is 0. The summed E-state index contributed by atoms with van der Waals surface area (Å²) in [6, 6.07) is 11.4. The van der Waals surface area contributed by atoms with E-state index >= 15 is 0 Å². The van der Waals surface area contributed by atoms with Crippen molar-refractivity contribution in [1.82, 2.24) is 0 Å². The SMILES string of the molecule is CC(C)(C#N)[C@](C)(O)c1ccccc1. The van der Waals surface area contributed by atoms with Crippen LogP contribution in [0.3, 0.4) is 0 Å². The molecule has 0 aliphatic carbocycles. The molecule has 0 heterocycles. The van der Waals surface area contributed by atoms with E-state index in [9.17, 15) is 5.11 Å². The van der Waals surface area contributed by atoms with Gasteiger partial charge >= 0.3 is 0 Å². The molecule has 0 aliphatic heterocycles. The number of aliphatic hydroxyl groups is 1. The monoisotopic (exact) mass is 189 g/mol. The Hall–Kier alpha value is -1.33. The molecular formula is C12H15NO. The van der Waals surface area contributed by atoms with E-state index in [0.29, 0.717) is 0 Å². The van der Waals surface area contributed by atoms with Gasteiger partial charge in [-0.1, -0.05) is 30.3 Å². The van der Waals surface area contributed by atoms with Crippen molar-refractivity contribution in [2.24, 2.45) is 5.41 Å². The van der Waals surface area contributed by atoms with E-state index in [1.54, 1.807) is 20.8 Å². The Bertz CT molecular complexity index is 346. The molecule has 74 valence electrons. The van der Waals surface area contributed by atoms with Crippen molar-refractivity contribution >= 4 is 0 Å². The normalized spacial score (nSPS) is 15.6. The maximum atomic E-state index is 10.3. The van der Waals surface area contributed by atoms with Crippen LogP contribution in [-0.4, -0.2) is 5.11 Å². The van der Waals surface area contributed by atoms with Crippen LogP contribution in [0.4, 0.5) is 0 Å². The molecule has 0 bridgehead atoms. The largest absolute Gasteiger partial charge is 0.384 e. The van der Waals surface area contributed by atoms with Crippen LogP contribution in [0.1, 0.15) is 26.3 Å². The predicted molar refractivity (Wildman–Crippen MR) is 55.4 cm³/mol. The Balaban J connectivity index is 3.16. The van der Waals surface area contributed by atoms with E-state index in [4.69, 9.17) is 5.26 Å². The zero-order chi connectivity index (χ0) is 10.8. The number of hydrogen-bond donors (Lipinski definition) is 1. The fraction of sp³-hybridized carbons (Fsp3) is 0.417. The van der Waals surface area contributed by atoms with Crippen molar-refractivity contribution in [1.29, 1.82) is 5.26 Å². The van der Waals surface area contributed by atoms with Crippen LogP contribution in [0.25, 0.3) is 0 Å². The molecule has 1 rings (SSSR count). The summed E-state index contributed by atoms with van der Waals surface area (Å²) in [5.41, 5.74) is -1.15. The smallest absolute Gasteiger partial charge is 0.105 e. The molecule has 0 unspecified atom stereocenters. The second-order valence-electron chi connectivity index (χ2n) is 4.18. The van der Waals surface area contributed by atoms with Crippen LogP contribution in [0.2, 0.25) is 0 Å².